The van der Waals surface area contributed by atoms with E-state index in [2.05, 4.69) is 33.2 Å². The van der Waals surface area contributed by atoms with E-state index >= 15 is 0 Å². The number of phenols is 1. The van der Waals surface area contributed by atoms with E-state index in [0.717, 1.165) is 0 Å². The summed E-state index contributed by atoms with van der Waals surface area (Å²) in [6, 6.07) is 0.481. The third-order valence-corrected chi connectivity index (χ3v) is 8.89. The number of hydrogen-bond donors (Lipinski definition) is 10. The number of carbonyl (C=O) groups is 6. The van der Waals surface area contributed by atoms with Gasteiger partial charge in [-0.1, -0.05) is 45.4 Å². The highest BCUT2D eigenvalue weighted by Crippen LogP contribution is 2.17. The summed E-state index contributed by atoms with van der Waals surface area (Å²) in [4.78, 5) is 80.1. The van der Waals surface area contributed by atoms with Gasteiger partial charge in [-0.3, -0.25) is 24.0 Å². The van der Waals surface area contributed by atoms with Gasteiger partial charge in [-0.25, -0.2) is 4.79 Å². The number of amides is 5. The first-order valence-corrected chi connectivity index (χ1v) is 18.8. The van der Waals surface area contributed by atoms with E-state index in [1.165, 1.54) is 25.1 Å². The SMILES string of the molecule is C=CC[C@H](N)C(=O)N[C@@H](CCCCN)C(=O)N[C@@H](CCCCN)C(=O)NC(C)(CCC)C(=O)N[C@@H](Cc1ccc(O)cc1)C(=O)N[C@@H](CC(C)C)C(=O)O. The molecular formula is C38H64N8O8. The monoisotopic (exact) mass is 760 g/mol. The van der Waals surface area contributed by atoms with Gasteiger partial charge in [0.15, 0.2) is 0 Å². The van der Waals surface area contributed by atoms with Crippen molar-refractivity contribution in [2.24, 2.45) is 23.1 Å². The van der Waals surface area contributed by atoms with Gasteiger partial charge in [0.25, 0.3) is 0 Å². The summed E-state index contributed by atoms with van der Waals surface area (Å²) >= 11 is 0. The van der Waals surface area contributed by atoms with Crippen LogP contribution in [0, 0.1) is 5.92 Å². The van der Waals surface area contributed by atoms with E-state index in [0.29, 0.717) is 50.8 Å². The quantitative estimate of drug-likeness (QED) is 0.0443. The molecule has 0 aliphatic heterocycles. The molecule has 1 aromatic carbocycles. The zero-order valence-electron chi connectivity index (χ0n) is 32.3. The van der Waals surface area contributed by atoms with Crippen LogP contribution >= 0.6 is 0 Å². The van der Waals surface area contributed by atoms with E-state index in [4.69, 9.17) is 17.2 Å². The third kappa shape index (κ3) is 17.1. The molecule has 0 spiro atoms. The summed E-state index contributed by atoms with van der Waals surface area (Å²) in [7, 11) is 0. The zero-order valence-corrected chi connectivity index (χ0v) is 32.3. The number of carbonyl (C=O) groups excluding carboxylic acids is 5. The second-order valence-electron chi connectivity index (χ2n) is 14.3. The predicted molar refractivity (Wildman–Crippen MR) is 207 cm³/mol. The summed E-state index contributed by atoms with van der Waals surface area (Å²) in [5.41, 5.74) is 16.3. The highest BCUT2D eigenvalue weighted by Gasteiger charge is 2.39. The molecule has 304 valence electrons. The maximum absolute atomic E-state index is 14.1. The van der Waals surface area contributed by atoms with Gasteiger partial charge in [0.1, 0.15) is 35.5 Å². The number of carboxylic acid groups (broad SMARTS) is 1. The van der Waals surface area contributed by atoms with Crippen LogP contribution in [0.1, 0.15) is 97.5 Å². The van der Waals surface area contributed by atoms with Crippen LogP contribution in [-0.2, 0) is 35.2 Å². The first kappa shape index (κ1) is 47.5. The standard InChI is InChI=1S/C38H64N8O8/c1-6-12-27(41)32(48)42-28(13-8-10-20-39)33(49)43-29(14-9-11-21-40)35(51)46-38(5,19-7-2)37(54)45-30(23-25-15-17-26(47)18-16-25)34(50)44-31(36(52)53)22-24(3)4/h6,15-18,24,27-31,47H,1,7-14,19-23,39-41H2,2-5H3,(H,42,48)(H,43,49)(H,44,50)(H,45,54)(H,46,51)(H,52,53)/t27-,28-,29-,30-,31-,38?/m0/s1. The minimum atomic E-state index is -1.58. The number of nitrogens with two attached hydrogens (primary N) is 3. The van der Waals surface area contributed by atoms with Crippen LogP contribution in [0.3, 0.4) is 0 Å². The maximum atomic E-state index is 14.1. The Morgan fingerprint density at radius 1 is 0.796 bits per heavy atom. The molecule has 5 amide bonds. The van der Waals surface area contributed by atoms with E-state index < -0.39 is 71.3 Å². The van der Waals surface area contributed by atoms with Crippen LogP contribution in [0.2, 0.25) is 0 Å². The van der Waals surface area contributed by atoms with Crippen molar-refractivity contribution in [3.63, 3.8) is 0 Å². The molecule has 54 heavy (non-hydrogen) atoms. The molecule has 1 rings (SSSR count). The summed E-state index contributed by atoms with van der Waals surface area (Å²) in [5.74, 6) is -4.55. The van der Waals surface area contributed by atoms with Gasteiger partial charge in [0.05, 0.1) is 6.04 Å². The van der Waals surface area contributed by atoms with Crippen LogP contribution in [0.4, 0.5) is 0 Å². The fourth-order valence-electron chi connectivity index (χ4n) is 5.81. The Balaban J connectivity index is 3.40. The minimum Gasteiger partial charge on any atom is -0.508 e. The van der Waals surface area contributed by atoms with Crippen LogP contribution in [-0.4, -0.2) is 94.6 Å². The van der Waals surface area contributed by atoms with Gasteiger partial charge in [0.2, 0.25) is 29.5 Å². The predicted octanol–water partition coefficient (Wildman–Crippen LogP) is 0.841. The number of aromatic hydroxyl groups is 1. The van der Waals surface area contributed by atoms with Crippen molar-refractivity contribution in [3.8, 4) is 5.75 Å². The van der Waals surface area contributed by atoms with Crippen LogP contribution < -0.4 is 43.8 Å². The average molecular weight is 761 g/mol. The Morgan fingerprint density at radius 3 is 1.81 bits per heavy atom. The Kier molecular flexibility index (Phi) is 21.7. The van der Waals surface area contributed by atoms with Crippen molar-refractivity contribution in [1.29, 1.82) is 0 Å². The average Bonchev–Trinajstić information content (AvgIpc) is 3.10. The molecule has 0 saturated heterocycles. The molecule has 0 aliphatic carbocycles. The number of nitrogens with one attached hydrogen (secondary N) is 5. The van der Waals surface area contributed by atoms with Gasteiger partial charge in [-0.15, -0.1) is 6.58 Å². The van der Waals surface area contributed by atoms with E-state index in [1.54, 1.807) is 12.1 Å². The van der Waals surface area contributed by atoms with E-state index in [-0.39, 0.29) is 50.2 Å². The highest BCUT2D eigenvalue weighted by molar-refractivity contribution is 5.98. The number of carboxylic acids is 1. The van der Waals surface area contributed by atoms with Crippen LogP contribution in [0.5, 0.6) is 5.75 Å². The largest absolute Gasteiger partial charge is 0.508 e. The van der Waals surface area contributed by atoms with Gasteiger partial charge >= 0.3 is 5.97 Å². The highest BCUT2D eigenvalue weighted by atomic mass is 16.4. The van der Waals surface area contributed by atoms with Crippen molar-refractivity contribution in [1.82, 2.24) is 26.6 Å². The number of benzene rings is 1. The fraction of sp³-hybridized carbons (Fsp3) is 0.632. The molecule has 0 fully saturated rings. The molecular weight excluding hydrogens is 696 g/mol. The van der Waals surface area contributed by atoms with Crippen LogP contribution in [0.15, 0.2) is 36.9 Å². The maximum Gasteiger partial charge on any atom is 0.326 e. The lowest BCUT2D eigenvalue weighted by molar-refractivity contribution is -0.143. The Bertz CT molecular complexity index is 1380. The molecule has 0 aliphatic rings. The summed E-state index contributed by atoms with van der Waals surface area (Å²) in [5, 5.41) is 33.0. The Labute approximate surface area is 319 Å². The lowest BCUT2D eigenvalue weighted by Gasteiger charge is -2.33. The second-order valence-corrected chi connectivity index (χ2v) is 14.3. The molecule has 1 aromatic rings. The first-order chi connectivity index (χ1) is 25.5. The van der Waals surface area contributed by atoms with Gasteiger partial charge in [0, 0.05) is 6.42 Å². The summed E-state index contributed by atoms with van der Waals surface area (Å²) in [6.07, 6.45) is 4.95. The molecule has 0 radical (unpaired) electrons. The molecule has 0 heterocycles. The second kappa shape index (κ2) is 24.7. The number of hydrogen-bond acceptors (Lipinski definition) is 10. The van der Waals surface area contributed by atoms with Crippen molar-refractivity contribution >= 4 is 35.5 Å². The third-order valence-electron chi connectivity index (χ3n) is 8.89. The Morgan fingerprint density at radius 2 is 1.31 bits per heavy atom. The van der Waals surface area contributed by atoms with Crippen molar-refractivity contribution in [2.45, 2.75) is 134 Å². The van der Waals surface area contributed by atoms with Gasteiger partial charge < -0.3 is 54.0 Å². The van der Waals surface area contributed by atoms with Gasteiger partial charge in [-0.2, -0.15) is 0 Å². The van der Waals surface area contributed by atoms with Gasteiger partial charge in [-0.05, 0) is 101 Å². The topological polar surface area (TPSA) is 281 Å². The van der Waals surface area contributed by atoms with E-state index in [9.17, 15) is 39.0 Å². The summed E-state index contributed by atoms with van der Waals surface area (Å²) < 4.78 is 0. The zero-order chi connectivity index (χ0) is 40.8. The lowest BCUT2D eigenvalue weighted by Crippen LogP contribution is -2.64. The lowest BCUT2D eigenvalue weighted by atomic mass is 9.92. The minimum absolute atomic E-state index is 0.00136. The fourth-order valence-corrected chi connectivity index (χ4v) is 5.81. The molecule has 0 aromatic heterocycles. The number of unbranched alkanes of at least 4 members (excludes halogenated alkanes) is 2. The van der Waals surface area contributed by atoms with Crippen molar-refractivity contribution in [3.05, 3.63) is 42.5 Å². The number of aliphatic carboxylic acids is 1. The number of rotatable bonds is 27. The normalized spacial score (nSPS) is 15.0. The molecule has 16 nitrogen and oxygen atoms in total. The Hall–Kier alpha value is -4.54. The molecule has 0 bridgehead atoms. The number of phenolic OH excluding ortho intramolecular Hbond substituents is 1. The summed E-state index contributed by atoms with van der Waals surface area (Å²) in [6.45, 7) is 11.3. The molecule has 6 atom stereocenters. The van der Waals surface area contributed by atoms with Crippen molar-refractivity contribution in [2.75, 3.05) is 13.1 Å². The molecule has 16 heteroatoms. The molecule has 13 N–H and O–H groups in total. The molecule has 0 saturated carbocycles. The molecule has 1 unspecified atom stereocenters. The van der Waals surface area contributed by atoms with Crippen molar-refractivity contribution < 1.29 is 39.0 Å². The van der Waals surface area contributed by atoms with Crippen LogP contribution in [0.25, 0.3) is 0 Å². The smallest absolute Gasteiger partial charge is 0.326 e. The first-order valence-electron chi connectivity index (χ1n) is 18.8. The van der Waals surface area contributed by atoms with E-state index in [1.807, 2.05) is 20.8 Å².